The molecule has 0 aromatic carbocycles. The summed E-state index contributed by atoms with van der Waals surface area (Å²) >= 11 is 0. The number of rotatable bonds is 8. The quantitative estimate of drug-likeness (QED) is 0.194. The Hall–Kier alpha value is -2.00. The number of carbonyl (C=O) groups is 5. The average Bonchev–Trinajstić information content (AvgIpc) is 2.35. The molecule has 0 fully saturated rings. The molecule has 13 nitrogen and oxygen atoms in total. The van der Waals surface area contributed by atoms with E-state index in [2.05, 4.69) is 0 Å². The van der Waals surface area contributed by atoms with Gasteiger partial charge in [-0.3, -0.25) is 9.59 Å². The molecule has 0 rings (SSSR count). The number of hydrogen-bond acceptors (Lipinski definition) is 8. The first kappa shape index (κ1) is 26.9. The van der Waals surface area contributed by atoms with Gasteiger partial charge < -0.3 is 43.7 Å². The SMILES string of the molecule is O=C(O)C(O)C(O)C(=O)O.O=C(O)CC(O)(CC(=O)O)C(=O)O.[H-].[H-].[Mg+2]. The fourth-order valence-electron chi connectivity index (χ4n) is 0.984. The zero-order valence-corrected chi connectivity index (χ0v) is 13.3. The Labute approximate surface area is 151 Å². The minimum atomic E-state index is -2.74. The third-order valence-electron chi connectivity index (χ3n) is 2.09. The summed E-state index contributed by atoms with van der Waals surface area (Å²) in [7, 11) is 0. The van der Waals surface area contributed by atoms with Crippen LogP contribution >= 0.6 is 0 Å². The standard InChI is InChI=1S/C6H8O7.C4H6O6.Mg.2H/c7-3(8)1-6(13,5(11)12)2-4(9)10;5-1(3(7)8)2(6)4(9)10;;;/h13H,1-2H2,(H,7,8)(H,9,10)(H,11,12);1-2,5-6H,(H,7,8)(H,9,10);;;/q;;+2;2*-1. The van der Waals surface area contributed by atoms with Gasteiger partial charge in [-0.2, -0.15) is 0 Å². The van der Waals surface area contributed by atoms with Gasteiger partial charge in [-0.1, -0.05) is 0 Å². The second-order valence-electron chi connectivity index (χ2n) is 4.04. The van der Waals surface area contributed by atoms with E-state index in [9.17, 15) is 24.0 Å². The first-order chi connectivity index (χ1) is 10.2. The Bertz CT molecular complexity index is 463. The van der Waals surface area contributed by atoms with Crippen LogP contribution in [0.15, 0.2) is 0 Å². The molecule has 8 N–H and O–H groups in total. The Kier molecular flexibility index (Phi) is 12.9. The molecule has 0 heterocycles. The summed E-state index contributed by atoms with van der Waals surface area (Å²) < 4.78 is 0. The van der Waals surface area contributed by atoms with Crippen molar-refractivity contribution in [3.63, 3.8) is 0 Å². The number of aliphatic hydroxyl groups is 3. The van der Waals surface area contributed by atoms with Crippen molar-refractivity contribution in [3.8, 4) is 0 Å². The molecule has 0 spiro atoms. The number of hydrogen-bond donors (Lipinski definition) is 8. The molecule has 0 saturated carbocycles. The molecule has 14 heteroatoms. The van der Waals surface area contributed by atoms with Crippen molar-refractivity contribution in [2.45, 2.75) is 30.7 Å². The molecule has 0 aliphatic carbocycles. The van der Waals surface area contributed by atoms with Crippen LogP contribution < -0.4 is 0 Å². The van der Waals surface area contributed by atoms with Gasteiger partial charge in [-0.15, -0.1) is 0 Å². The monoisotopic (exact) mass is 368 g/mol. The molecular formula is C10H16MgO13. The van der Waals surface area contributed by atoms with Crippen molar-refractivity contribution in [1.29, 1.82) is 0 Å². The van der Waals surface area contributed by atoms with Gasteiger partial charge in [0.1, 0.15) is 0 Å². The van der Waals surface area contributed by atoms with Crippen LogP contribution in [0.2, 0.25) is 0 Å². The predicted molar refractivity (Wildman–Crippen MR) is 72.4 cm³/mol. The Morgan fingerprint density at radius 2 is 1.00 bits per heavy atom. The van der Waals surface area contributed by atoms with E-state index in [0.717, 1.165) is 0 Å². The zero-order chi connectivity index (χ0) is 19.0. The summed E-state index contributed by atoms with van der Waals surface area (Å²) in [5, 5.41) is 66.3. The van der Waals surface area contributed by atoms with Crippen molar-refractivity contribution >= 4 is 52.9 Å². The van der Waals surface area contributed by atoms with E-state index in [1.54, 1.807) is 0 Å². The minimum absolute atomic E-state index is 0. The topological polar surface area (TPSA) is 247 Å². The third kappa shape index (κ3) is 10.7. The van der Waals surface area contributed by atoms with Crippen LogP contribution in [0.1, 0.15) is 15.7 Å². The number of aliphatic carboxylic acids is 5. The molecule has 0 saturated heterocycles. The minimum Gasteiger partial charge on any atom is -1.00 e. The van der Waals surface area contributed by atoms with E-state index in [0.29, 0.717) is 0 Å². The molecule has 24 heavy (non-hydrogen) atoms. The van der Waals surface area contributed by atoms with Crippen molar-refractivity contribution in [2.24, 2.45) is 0 Å². The summed E-state index contributed by atoms with van der Waals surface area (Å²) in [5.74, 6) is -8.56. The van der Waals surface area contributed by atoms with E-state index >= 15 is 0 Å². The molecule has 0 aromatic heterocycles. The average molecular weight is 369 g/mol. The zero-order valence-electron chi connectivity index (χ0n) is 13.9. The molecule has 0 amide bonds. The van der Waals surface area contributed by atoms with Crippen molar-refractivity contribution in [3.05, 3.63) is 0 Å². The molecular weight excluding hydrogens is 352 g/mol. The van der Waals surface area contributed by atoms with E-state index in [-0.39, 0.29) is 25.9 Å². The summed E-state index contributed by atoms with van der Waals surface area (Å²) in [5.41, 5.74) is -2.74. The van der Waals surface area contributed by atoms with Gasteiger partial charge in [0, 0.05) is 0 Å². The van der Waals surface area contributed by atoms with Crippen molar-refractivity contribution in [2.75, 3.05) is 0 Å². The van der Waals surface area contributed by atoms with Crippen LogP contribution in [0.3, 0.4) is 0 Å². The van der Waals surface area contributed by atoms with Gasteiger partial charge in [0.15, 0.2) is 17.8 Å². The van der Waals surface area contributed by atoms with Gasteiger partial charge in [0.2, 0.25) is 0 Å². The van der Waals surface area contributed by atoms with E-state index in [1.165, 1.54) is 0 Å². The van der Waals surface area contributed by atoms with Gasteiger partial charge in [-0.25, -0.2) is 14.4 Å². The fourth-order valence-corrected chi connectivity index (χ4v) is 0.984. The summed E-state index contributed by atoms with van der Waals surface area (Å²) in [6, 6.07) is 0. The molecule has 0 bridgehead atoms. The largest absolute Gasteiger partial charge is 2.00 e. The maximum Gasteiger partial charge on any atom is 2.00 e. The second kappa shape index (κ2) is 11.5. The fraction of sp³-hybridized carbons (Fsp3) is 0.500. The Balaban J connectivity index is -0.000000104. The van der Waals surface area contributed by atoms with Gasteiger partial charge in [0.25, 0.3) is 0 Å². The summed E-state index contributed by atoms with van der Waals surface area (Å²) in [6.07, 6.45) is -6.82. The van der Waals surface area contributed by atoms with Crippen LogP contribution in [-0.2, 0) is 24.0 Å². The van der Waals surface area contributed by atoms with Crippen LogP contribution in [0.4, 0.5) is 0 Å². The number of carboxylic acid groups (broad SMARTS) is 5. The first-order valence-corrected chi connectivity index (χ1v) is 5.45. The smallest absolute Gasteiger partial charge is 1.00 e. The molecule has 0 aliphatic heterocycles. The maximum absolute atomic E-state index is 10.3. The van der Waals surface area contributed by atoms with Crippen molar-refractivity contribution in [1.82, 2.24) is 0 Å². The molecule has 2 unspecified atom stereocenters. The van der Waals surface area contributed by atoms with Crippen LogP contribution in [0.5, 0.6) is 0 Å². The normalized spacial score (nSPS) is 12.5. The Morgan fingerprint density at radius 3 is 1.12 bits per heavy atom. The predicted octanol–water partition coefficient (Wildman–Crippen LogP) is -3.53. The van der Waals surface area contributed by atoms with Gasteiger partial charge in [0.05, 0.1) is 12.8 Å². The van der Waals surface area contributed by atoms with Gasteiger partial charge in [-0.05, 0) is 0 Å². The number of carboxylic acids is 5. The molecule has 0 aromatic rings. The Morgan fingerprint density at radius 1 is 0.750 bits per heavy atom. The molecule has 0 aliphatic rings. The van der Waals surface area contributed by atoms with Crippen LogP contribution in [0.25, 0.3) is 0 Å². The van der Waals surface area contributed by atoms with E-state index in [4.69, 9.17) is 40.9 Å². The van der Waals surface area contributed by atoms with Crippen LogP contribution in [-0.4, -0.2) is 112 Å². The number of aliphatic hydroxyl groups excluding tert-OH is 2. The van der Waals surface area contributed by atoms with Crippen LogP contribution in [0, 0.1) is 0 Å². The first-order valence-electron chi connectivity index (χ1n) is 5.45. The summed E-state index contributed by atoms with van der Waals surface area (Å²) in [6.45, 7) is 0. The molecule has 2 atom stereocenters. The van der Waals surface area contributed by atoms with Crippen molar-refractivity contribution < 1.29 is 67.7 Å². The maximum atomic E-state index is 10.3. The summed E-state index contributed by atoms with van der Waals surface area (Å²) in [4.78, 5) is 50.0. The second-order valence-corrected chi connectivity index (χ2v) is 4.04. The van der Waals surface area contributed by atoms with E-state index < -0.39 is 60.5 Å². The van der Waals surface area contributed by atoms with E-state index in [1.807, 2.05) is 0 Å². The molecule has 0 radical (unpaired) electrons. The van der Waals surface area contributed by atoms with Gasteiger partial charge >= 0.3 is 52.9 Å². The molecule has 136 valence electrons. The third-order valence-corrected chi connectivity index (χ3v) is 2.09.